The first kappa shape index (κ1) is 14.9. The third-order valence-electron chi connectivity index (χ3n) is 3.20. The van der Waals surface area contributed by atoms with Crippen molar-refractivity contribution in [3.05, 3.63) is 92.0 Å². The van der Waals surface area contributed by atoms with Gasteiger partial charge in [-0.3, -0.25) is 20.2 Å². The monoisotopic (exact) mass is 306 g/mol. The van der Waals surface area contributed by atoms with Crippen LogP contribution in [0.4, 0.5) is 0 Å². The number of rotatable bonds is 5. The van der Waals surface area contributed by atoms with E-state index in [1.54, 1.807) is 24.3 Å². The maximum atomic E-state index is 11.6. The molecule has 108 valence electrons. The fourth-order valence-electron chi connectivity index (χ4n) is 2.15. The minimum absolute atomic E-state index is 0.0659. The number of benzene rings is 2. The van der Waals surface area contributed by atoms with Crippen molar-refractivity contribution in [2.24, 2.45) is 0 Å². The fourth-order valence-corrected chi connectivity index (χ4v) is 2.58. The van der Waals surface area contributed by atoms with Crippen LogP contribution in [0.5, 0.6) is 0 Å². The number of halogens is 1. The van der Waals surface area contributed by atoms with Gasteiger partial charge in [-0.1, -0.05) is 48.5 Å². The third-order valence-corrected chi connectivity index (χ3v) is 3.76. The standard InChI is InChI=1S/C14H11ClN2O4/c15-13(11-7-3-1-4-8-11)14(16(18)19,17(20)21)12-9-5-2-6-10-12/h1-10,13H. The van der Waals surface area contributed by atoms with Crippen molar-refractivity contribution in [1.82, 2.24) is 0 Å². The largest absolute Gasteiger partial charge is 0.504 e. The molecule has 2 aromatic carbocycles. The topological polar surface area (TPSA) is 86.3 Å². The molecule has 0 N–H and O–H groups in total. The van der Waals surface area contributed by atoms with Gasteiger partial charge in [-0.25, -0.2) is 0 Å². The highest BCUT2D eigenvalue weighted by Crippen LogP contribution is 2.42. The van der Waals surface area contributed by atoms with Crippen LogP contribution in [0, 0.1) is 20.2 Å². The van der Waals surface area contributed by atoms with E-state index in [0.717, 1.165) is 0 Å². The predicted octanol–water partition coefficient (Wildman–Crippen LogP) is 3.37. The molecule has 2 aromatic rings. The minimum atomic E-state index is -2.63. The molecule has 0 bridgehead atoms. The van der Waals surface area contributed by atoms with E-state index in [1.165, 1.54) is 36.4 Å². The van der Waals surface area contributed by atoms with Gasteiger partial charge in [-0.05, 0) is 17.7 Å². The first-order valence-electron chi connectivity index (χ1n) is 6.04. The van der Waals surface area contributed by atoms with E-state index in [1.807, 2.05) is 0 Å². The summed E-state index contributed by atoms with van der Waals surface area (Å²) >= 11 is 6.17. The van der Waals surface area contributed by atoms with Crippen molar-refractivity contribution >= 4 is 11.6 Å². The van der Waals surface area contributed by atoms with Crippen LogP contribution in [0.3, 0.4) is 0 Å². The van der Waals surface area contributed by atoms with Crippen molar-refractivity contribution in [2.75, 3.05) is 0 Å². The Balaban J connectivity index is 2.67. The van der Waals surface area contributed by atoms with Gasteiger partial charge >= 0.3 is 5.66 Å². The lowest BCUT2D eigenvalue weighted by atomic mass is 9.92. The van der Waals surface area contributed by atoms with Crippen LogP contribution < -0.4 is 0 Å². The lowest BCUT2D eigenvalue weighted by Gasteiger charge is -2.22. The van der Waals surface area contributed by atoms with Crippen LogP contribution >= 0.6 is 11.6 Å². The Hall–Kier alpha value is -2.47. The average molecular weight is 307 g/mol. The van der Waals surface area contributed by atoms with E-state index < -0.39 is 20.9 Å². The lowest BCUT2D eigenvalue weighted by molar-refractivity contribution is -0.811. The van der Waals surface area contributed by atoms with Crippen LogP contribution in [-0.4, -0.2) is 9.85 Å². The molecule has 0 fully saturated rings. The highest BCUT2D eigenvalue weighted by molar-refractivity contribution is 6.21. The number of alkyl halides is 1. The molecular formula is C14H11ClN2O4. The van der Waals surface area contributed by atoms with Gasteiger partial charge in [0.1, 0.15) is 15.4 Å². The Morgan fingerprint density at radius 1 is 0.857 bits per heavy atom. The summed E-state index contributed by atoms with van der Waals surface area (Å²) in [4.78, 5) is 21.2. The average Bonchev–Trinajstić information content (AvgIpc) is 2.49. The lowest BCUT2D eigenvalue weighted by Crippen LogP contribution is -2.46. The van der Waals surface area contributed by atoms with Gasteiger partial charge in [-0.15, -0.1) is 11.6 Å². The van der Waals surface area contributed by atoms with Crippen LogP contribution in [0.1, 0.15) is 16.5 Å². The maximum absolute atomic E-state index is 11.6. The van der Waals surface area contributed by atoms with Crippen molar-refractivity contribution in [1.29, 1.82) is 0 Å². The summed E-state index contributed by atoms with van der Waals surface area (Å²) in [6, 6.07) is 15.3. The highest BCUT2D eigenvalue weighted by Gasteiger charge is 2.64. The molecule has 0 aliphatic rings. The SMILES string of the molecule is O=[N+]([O-])C(c1ccccc1)(C(Cl)c1ccccc1)[N+](=O)[O-]. The molecule has 0 radical (unpaired) electrons. The molecule has 1 atom stereocenters. The molecule has 0 heterocycles. The molecule has 0 spiro atoms. The van der Waals surface area contributed by atoms with E-state index in [0.29, 0.717) is 5.56 Å². The molecule has 0 saturated carbocycles. The quantitative estimate of drug-likeness (QED) is 0.367. The minimum Gasteiger partial charge on any atom is -0.258 e. The fraction of sp³-hybridized carbons (Fsp3) is 0.143. The van der Waals surface area contributed by atoms with Gasteiger partial charge in [0.05, 0.1) is 0 Å². The Morgan fingerprint density at radius 3 is 1.71 bits per heavy atom. The van der Waals surface area contributed by atoms with Crippen molar-refractivity contribution in [3.8, 4) is 0 Å². The summed E-state index contributed by atoms with van der Waals surface area (Å²) in [5.74, 6) is 0. The van der Waals surface area contributed by atoms with Gasteiger partial charge in [0, 0.05) is 0 Å². The molecule has 0 saturated heterocycles. The molecule has 0 amide bonds. The third kappa shape index (κ3) is 2.45. The second kappa shape index (κ2) is 5.88. The summed E-state index contributed by atoms with van der Waals surface area (Å²) in [5, 5.41) is 21.7. The Bertz CT molecular complexity index is 635. The molecular weight excluding hydrogens is 296 g/mol. The number of hydrogen-bond donors (Lipinski definition) is 0. The van der Waals surface area contributed by atoms with E-state index in [-0.39, 0.29) is 5.56 Å². The molecule has 7 heteroatoms. The molecule has 21 heavy (non-hydrogen) atoms. The van der Waals surface area contributed by atoms with Crippen molar-refractivity contribution in [2.45, 2.75) is 11.0 Å². The first-order valence-corrected chi connectivity index (χ1v) is 6.48. The second-order valence-corrected chi connectivity index (χ2v) is 4.82. The normalized spacial score (nSPS) is 12.6. The van der Waals surface area contributed by atoms with E-state index in [4.69, 9.17) is 11.6 Å². The highest BCUT2D eigenvalue weighted by atomic mass is 35.5. The van der Waals surface area contributed by atoms with Crippen molar-refractivity contribution < 1.29 is 9.85 Å². The molecule has 0 aromatic heterocycles. The summed E-state index contributed by atoms with van der Waals surface area (Å²) in [6.45, 7) is 0. The zero-order valence-electron chi connectivity index (χ0n) is 10.8. The molecule has 0 aliphatic carbocycles. The smallest absolute Gasteiger partial charge is 0.258 e. The van der Waals surface area contributed by atoms with Gasteiger partial charge < -0.3 is 0 Å². The number of nitrogens with zero attached hydrogens (tertiary/aromatic N) is 2. The molecule has 6 nitrogen and oxygen atoms in total. The predicted molar refractivity (Wildman–Crippen MR) is 77.1 cm³/mol. The Kier molecular flexibility index (Phi) is 4.18. The van der Waals surface area contributed by atoms with Crippen LogP contribution in [0.25, 0.3) is 0 Å². The Morgan fingerprint density at radius 2 is 1.29 bits per heavy atom. The van der Waals surface area contributed by atoms with Crippen LogP contribution in [0.15, 0.2) is 60.7 Å². The molecule has 1 unspecified atom stereocenters. The first-order chi connectivity index (χ1) is 10.0. The summed E-state index contributed by atoms with van der Waals surface area (Å²) in [6.07, 6.45) is 0. The zero-order chi connectivity index (χ0) is 15.5. The molecule has 2 rings (SSSR count). The summed E-state index contributed by atoms with van der Waals surface area (Å²) in [7, 11) is 0. The number of hydrogen-bond acceptors (Lipinski definition) is 4. The number of nitro groups is 2. The van der Waals surface area contributed by atoms with E-state index in [2.05, 4.69) is 0 Å². The van der Waals surface area contributed by atoms with Crippen molar-refractivity contribution in [3.63, 3.8) is 0 Å². The Labute approximate surface area is 125 Å². The summed E-state index contributed by atoms with van der Waals surface area (Å²) < 4.78 is 0. The molecule has 0 aliphatic heterocycles. The van der Waals surface area contributed by atoms with Gasteiger partial charge in [0.15, 0.2) is 0 Å². The van der Waals surface area contributed by atoms with Crippen LogP contribution in [0.2, 0.25) is 0 Å². The van der Waals surface area contributed by atoms with E-state index in [9.17, 15) is 20.2 Å². The van der Waals surface area contributed by atoms with E-state index >= 15 is 0 Å². The van der Waals surface area contributed by atoms with Crippen LogP contribution in [-0.2, 0) is 5.66 Å². The summed E-state index contributed by atoms with van der Waals surface area (Å²) in [5.41, 5.74) is -2.38. The maximum Gasteiger partial charge on any atom is 0.504 e. The zero-order valence-corrected chi connectivity index (χ0v) is 11.5. The van der Waals surface area contributed by atoms with Gasteiger partial charge in [0.2, 0.25) is 5.38 Å². The van der Waals surface area contributed by atoms with Gasteiger partial charge in [0.25, 0.3) is 0 Å². The second-order valence-electron chi connectivity index (χ2n) is 4.38. The van der Waals surface area contributed by atoms with Gasteiger partial charge in [-0.2, -0.15) is 0 Å².